The molecule has 0 aromatic heterocycles. The lowest BCUT2D eigenvalue weighted by Crippen LogP contribution is -2.58. The summed E-state index contributed by atoms with van der Waals surface area (Å²) in [7, 11) is 0. The van der Waals surface area contributed by atoms with E-state index in [2.05, 4.69) is 4.74 Å². The maximum atomic E-state index is 11.6. The van der Waals surface area contributed by atoms with Crippen LogP contribution in [0.2, 0.25) is 0 Å². The van der Waals surface area contributed by atoms with E-state index in [0.717, 1.165) is 12.5 Å². The number of carbonyl (C=O) groups excluding carboxylic acids is 2. The molecule has 0 aliphatic rings. The Morgan fingerprint density at radius 1 is 1.19 bits per heavy atom. The fourth-order valence-corrected chi connectivity index (χ4v) is 1.43. The van der Waals surface area contributed by atoms with Crippen molar-refractivity contribution in [2.45, 2.75) is 26.0 Å². The number of esters is 1. The van der Waals surface area contributed by atoms with Crippen molar-refractivity contribution in [1.82, 2.24) is 5.32 Å². The van der Waals surface area contributed by atoms with Crippen LogP contribution >= 0.6 is 0 Å². The van der Waals surface area contributed by atoms with Crippen LogP contribution in [-0.4, -0.2) is 35.3 Å². The zero-order valence-electron chi connectivity index (χ0n) is 11.8. The topological polar surface area (TPSA) is 102 Å². The van der Waals surface area contributed by atoms with Gasteiger partial charge in [-0.2, -0.15) is 0 Å². The molecule has 0 spiro atoms. The first-order valence-electron chi connectivity index (χ1n) is 6.29. The van der Waals surface area contributed by atoms with Crippen molar-refractivity contribution < 1.29 is 29.0 Å². The number of rotatable bonds is 6. The van der Waals surface area contributed by atoms with Gasteiger partial charge >= 0.3 is 18.0 Å². The van der Waals surface area contributed by atoms with Gasteiger partial charge in [0.2, 0.25) is 5.54 Å². The predicted octanol–water partition coefficient (Wildman–Crippen LogP) is 1.32. The van der Waals surface area contributed by atoms with Gasteiger partial charge in [0.05, 0.1) is 6.61 Å². The van der Waals surface area contributed by atoms with Crippen LogP contribution in [0.25, 0.3) is 0 Å². The van der Waals surface area contributed by atoms with Crippen molar-refractivity contribution in [2.75, 3.05) is 6.61 Å². The standard InChI is InChI=1S/C14H17NO6/c1-3-20-12(18)14(2,11(16)17)15-13(19)21-9-10-7-5-4-6-8-10/h4-8H,3,9H2,1-2H3,(H,15,19)(H,16,17). The van der Waals surface area contributed by atoms with Crippen LogP contribution in [0.1, 0.15) is 19.4 Å². The molecule has 1 aromatic carbocycles. The van der Waals surface area contributed by atoms with E-state index in [9.17, 15) is 14.4 Å². The average molecular weight is 295 g/mol. The molecule has 0 bridgehead atoms. The van der Waals surface area contributed by atoms with E-state index in [1.807, 2.05) is 11.4 Å². The number of amides is 1. The number of aliphatic carboxylic acids is 1. The molecule has 0 fully saturated rings. The van der Waals surface area contributed by atoms with Crippen molar-refractivity contribution in [3.05, 3.63) is 35.9 Å². The van der Waals surface area contributed by atoms with Gasteiger partial charge in [-0.1, -0.05) is 30.3 Å². The van der Waals surface area contributed by atoms with Crippen LogP contribution in [-0.2, 0) is 25.7 Å². The fourth-order valence-electron chi connectivity index (χ4n) is 1.43. The number of hydrogen-bond acceptors (Lipinski definition) is 5. The van der Waals surface area contributed by atoms with Gasteiger partial charge in [-0.25, -0.2) is 14.4 Å². The molecule has 1 unspecified atom stereocenters. The van der Waals surface area contributed by atoms with E-state index in [-0.39, 0.29) is 13.2 Å². The van der Waals surface area contributed by atoms with E-state index in [0.29, 0.717) is 0 Å². The van der Waals surface area contributed by atoms with Crippen LogP contribution < -0.4 is 5.32 Å². The third-order valence-corrected chi connectivity index (χ3v) is 2.68. The monoisotopic (exact) mass is 295 g/mol. The fraction of sp³-hybridized carbons (Fsp3) is 0.357. The summed E-state index contributed by atoms with van der Waals surface area (Å²) in [6.45, 7) is 2.54. The molecule has 0 aliphatic carbocycles. The molecule has 2 N–H and O–H groups in total. The van der Waals surface area contributed by atoms with Gasteiger partial charge in [0, 0.05) is 0 Å². The Kier molecular flexibility index (Phi) is 5.71. The highest BCUT2D eigenvalue weighted by Crippen LogP contribution is 2.09. The molecule has 0 heterocycles. The third kappa shape index (κ3) is 4.48. The van der Waals surface area contributed by atoms with E-state index >= 15 is 0 Å². The van der Waals surface area contributed by atoms with E-state index in [1.165, 1.54) is 6.92 Å². The Morgan fingerprint density at radius 3 is 2.33 bits per heavy atom. The molecular weight excluding hydrogens is 278 g/mol. The average Bonchev–Trinajstić information content (AvgIpc) is 2.46. The Balaban J connectivity index is 2.65. The highest BCUT2D eigenvalue weighted by atomic mass is 16.6. The number of nitrogens with one attached hydrogen (secondary N) is 1. The summed E-state index contributed by atoms with van der Waals surface area (Å²) in [4.78, 5) is 34.5. The molecule has 1 rings (SSSR count). The molecule has 0 saturated heterocycles. The number of alkyl carbamates (subject to hydrolysis) is 1. The highest BCUT2D eigenvalue weighted by Gasteiger charge is 2.45. The zero-order valence-corrected chi connectivity index (χ0v) is 11.8. The molecule has 1 atom stereocenters. The SMILES string of the molecule is CCOC(=O)C(C)(NC(=O)OCc1ccccc1)C(=O)O. The summed E-state index contributed by atoms with van der Waals surface area (Å²) in [5.74, 6) is -2.59. The minimum atomic E-state index is -2.19. The second-order valence-electron chi connectivity index (χ2n) is 4.34. The molecule has 7 nitrogen and oxygen atoms in total. The molecule has 114 valence electrons. The zero-order chi connectivity index (χ0) is 15.9. The Morgan fingerprint density at radius 2 is 1.81 bits per heavy atom. The number of carboxylic acids is 1. The van der Waals surface area contributed by atoms with E-state index < -0.39 is 23.6 Å². The van der Waals surface area contributed by atoms with Crippen LogP contribution in [0.3, 0.4) is 0 Å². The normalized spacial score (nSPS) is 12.9. The quantitative estimate of drug-likeness (QED) is 0.606. The van der Waals surface area contributed by atoms with E-state index in [1.54, 1.807) is 24.3 Å². The second-order valence-corrected chi connectivity index (χ2v) is 4.34. The first-order valence-corrected chi connectivity index (χ1v) is 6.29. The lowest BCUT2D eigenvalue weighted by Gasteiger charge is -2.23. The number of hydrogen-bond donors (Lipinski definition) is 2. The Bertz CT molecular complexity index is 515. The lowest BCUT2D eigenvalue weighted by atomic mass is 10.0. The molecule has 0 radical (unpaired) electrons. The molecule has 7 heteroatoms. The largest absolute Gasteiger partial charge is 0.479 e. The van der Waals surface area contributed by atoms with Crippen molar-refractivity contribution in [3.8, 4) is 0 Å². The van der Waals surface area contributed by atoms with E-state index in [4.69, 9.17) is 9.84 Å². The van der Waals surface area contributed by atoms with Crippen molar-refractivity contribution in [1.29, 1.82) is 0 Å². The Hall–Kier alpha value is -2.57. The van der Waals surface area contributed by atoms with Crippen molar-refractivity contribution in [2.24, 2.45) is 0 Å². The molecular formula is C14H17NO6. The van der Waals surface area contributed by atoms with Crippen molar-refractivity contribution in [3.63, 3.8) is 0 Å². The molecule has 21 heavy (non-hydrogen) atoms. The summed E-state index contributed by atoms with van der Waals surface area (Å²) in [5.41, 5.74) is -1.45. The maximum Gasteiger partial charge on any atom is 0.408 e. The minimum absolute atomic E-state index is 0.00243. The number of benzene rings is 1. The van der Waals surface area contributed by atoms with Gasteiger partial charge in [-0.05, 0) is 19.4 Å². The smallest absolute Gasteiger partial charge is 0.408 e. The molecule has 1 amide bonds. The first kappa shape index (κ1) is 16.5. The summed E-state index contributed by atoms with van der Waals surface area (Å²) >= 11 is 0. The van der Waals surface area contributed by atoms with Crippen LogP contribution in [0, 0.1) is 0 Å². The lowest BCUT2D eigenvalue weighted by molar-refractivity contribution is -0.161. The first-order chi connectivity index (χ1) is 9.90. The predicted molar refractivity (Wildman–Crippen MR) is 72.4 cm³/mol. The van der Waals surface area contributed by atoms with Gasteiger partial charge in [0.15, 0.2) is 0 Å². The van der Waals surface area contributed by atoms with Gasteiger partial charge in [-0.3, -0.25) is 5.32 Å². The number of carbonyl (C=O) groups is 3. The minimum Gasteiger partial charge on any atom is -0.479 e. The number of ether oxygens (including phenoxy) is 2. The van der Waals surface area contributed by atoms with Crippen LogP contribution in [0.5, 0.6) is 0 Å². The van der Waals surface area contributed by atoms with Crippen LogP contribution in [0.4, 0.5) is 4.79 Å². The molecule has 0 aliphatic heterocycles. The maximum absolute atomic E-state index is 11.6. The summed E-state index contributed by atoms with van der Waals surface area (Å²) in [6, 6.07) is 8.85. The Labute approximate surface area is 121 Å². The van der Waals surface area contributed by atoms with Gasteiger partial charge in [0.1, 0.15) is 6.61 Å². The third-order valence-electron chi connectivity index (χ3n) is 2.68. The second kappa shape index (κ2) is 7.28. The molecule has 0 saturated carbocycles. The summed E-state index contributed by atoms with van der Waals surface area (Å²) < 4.78 is 9.52. The molecule has 1 aromatic rings. The number of carboxylic acid groups (broad SMARTS) is 1. The van der Waals surface area contributed by atoms with Gasteiger partial charge in [0.25, 0.3) is 0 Å². The summed E-state index contributed by atoms with van der Waals surface area (Å²) in [6.07, 6.45) is -1.02. The van der Waals surface area contributed by atoms with Crippen LogP contribution in [0.15, 0.2) is 30.3 Å². The highest BCUT2D eigenvalue weighted by molar-refractivity contribution is 6.05. The van der Waals surface area contributed by atoms with Gasteiger partial charge < -0.3 is 14.6 Å². The summed E-state index contributed by atoms with van der Waals surface area (Å²) in [5, 5.41) is 11.1. The van der Waals surface area contributed by atoms with Crippen molar-refractivity contribution >= 4 is 18.0 Å². The van der Waals surface area contributed by atoms with Gasteiger partial charge in [-0.15, -0.1) is 0 Å².